The Morgan fingerprint density at radius 3 is 2.67 bits per heavy atom. The highest BCUT2D eigenvalue weighted by molar-refractivity contribution is 5.75. The molecular formula is C9H16N4O2. The number of nitrogens with zero attached hydrogens (tertiary/aromatic N) is 4. The first kappa shape index (κ1) is 11.6. The summed E-state index contributed by atoms with van der Waals surface area (Å²) in [5, 5.41) is 20.2. The number of hydrogen-bond acceptors (Lipinski definition) is 4. The third-order valence-electron chi connectivity index (χ3n) is 2.60. The van der Waals surface area contributed by atoms with Crippen molar-refractivity contribution >= 4 is 5.97 Å². The Bertz CT molecular complexity index is 359. The summed E-state index contributed by atoms with van der Waals surface area (Å²) in [6.45, 7) is 7.15. The van der Waals surface area contributed by atoms with Crippen LogP contribution in [-0.2, 0) is 10.3 Å². The largest absolute Gasteiger partial charge is 0.479 e. The summed E-state index contributed by atoms with van der Waals surface area (Å²) < 4.78 is 1.38. The van der Waals surface area contributed by atoms with Gasteiger partial charge in [0.05, 0.1) is 0 Å². The van der Waals surface area contributed by atoms with Crippen LogP contribution in [0.1, 0.15) is 45.9 Å². The molecule has 6 nitrogen and oxygen atoms in total. The third-order valence-corrected chi connectivity index (χ3v) is 2.60. The number of aliphatic carboxylic acids is 1. The van der Waals surface area contributed by atoms with Crippen LogP contribution in [0.2, 0.25) is 0 Å². The fourth-order valence-electron chi connectivity index (χ4n) is 1.17. The van der Waals surface area contributed by atoms with Gasteiger partial charge in [-0.25, -0.2) is 9.48 Å². The van der Waals surface area contributed by atoms with E-state index in [0.717, 1.165) is 6.42 Å². The van der Waals surface area contributed by atoms with Gasteiger partial charge >= 0.3 is 5.97 Å². The van der Waals surface area contributed by atoms with E-state index in [-0.39, 0.29) is 5.92 Å². The minimum atomic E-state index is -1.11. The molecule has 0 saturated heterocycles. The summed E-state index contributed by atoms with van der Waals surface area (Å²) in [4.78, 5) is 11.1. The van der Waals surface area contributed by atoms with E-state index in [1.807, 2.05) is 13.8 Å². The Kier molecular flexibility index (Phi) is 3.06. The second-order valence-electron chi connectivity index (χ2n) is 4.12. The average Bonchev–Trinajstić information content (AvgIpc) is 2.65. The monoisotopic (exact) mass is 212 g/mol. The quantitative estimate of drug-likeness (QED) is 0.805. The van der Waals surface area contributed by atoms with Crippen LogP contribution in [-0.4, -0.2) is 31.3 Å². The zero-order chi connectivity index (χ0) is 11.6. The number of carbonyl (C=O) groups is 1. The zero-order valence-corrected chi connectivity index (χ0v) is 9.43. The molecule has 1 rings (SSSR count). The van der Waals surface area contributed by atoms with Crippen molar-refractivity contribution in [3.05, 3.63) is 5.82 Å². The molecule has 1 N–H and O–H groups in total. The summed E-state index contributed by atoms with van der Waals surface area (Å²) in [7, 11) is 0. The van der Waals surface area contributed by atoms with Crippen LogP contribution in [0.15, 0.2) is 0 Å². The summed E-state index contributed by atoms with van der Waals surface area (Å²) in [6, 6.07) is 0. The number of aromatic nitrogens is 4. The van der Waals surface area contributed by atoms with Crippen LogP contribution in [0.25, 0.3) is 0 Å². The van der Waals surface area contributed by atoms with E-state index in [1.165, 1.54) is 4.68 Å². The molecule has 1 heterocycles. The van der Waals surface area contributed by atoms with Crippen LogP contribution in [0.5, 0.6) is 0 Å². The van der Waals surface area contributed by atoms with Crippen molar-refractivity contribution in [2.45, 2.75) is 45.6 Å². The van der Waals surface area contributed by atoms with Gasteiger partial charge in [0.25, 0.3) is 0 Å². The van der Waals surface area contributed by atoms with Crippen molar-refractivity contribution in [2.24, 2.45) is 0 Å². The third kappa shape index (κ3) is 1.98. The number of tetrazole rings is 1. The molecule has 0 aromatic carbocycles. The topological polar surface area (TPSA) is 80.9 Å². The number of hydrogen-bond donors (Lipinski definition) is 1. The molecule has 1 atom stereocenters. The molecule has 0 radical (unpaired) electrons. The van der Waals surface area contributed by atoms with Gasteiger partial charge < -0.3 is 5.11 Å². The molecule has 6 heteroatoms. The maximum Gasteiger partial charge on any atom is 0.331 e. The van der Waals surface area contributed by atoms with Gasteiger partial charge in [-0.2, -0.15) is 0 Å². The van der Waals surface area contributed by atoms with E-state index < -0.39 is 11.5 Å². The number of carboxylic acid groups (broad SMARTS) is 1. The first-order chi connectivity index (χ1) is 6.91. The smallest absolute Gasteiger partial charge is 0.331 e. The molecule has 84 valence electrons. The maximum absolute atomic E-state index is 11.1. The van der Waals surface area contributed by atoms with E-state index in [1.54, 1.807) is 13.8 Å². The Morgan fingerprint density at radius 2 is 2.20 bits per heavy atom. The molecule has 0 amide bonds. The Labute approximate surface area is 88.3 Å². The van der Waals surface area contributed by atoms with Gasteiger partial charge in [-0.1, -0.05) is 13.8 Å². The number of rotatable bonds is 4. The molecule has 0 aliphatic rings. The first-order valence-corrected chi connectivity index (χ1v) is 4.93. The second-order valence-corrected chi connectivity index (χ2v) is 4.12. The van der Waals surface area contributed by atoms with Gasteiger partial charge in [0.2, 0.25) is 0 Å². The molecule has 0 aliphatic heterocycles. The molecule has 0 bridgehead atoms. The first-order valence-electron chi connectivity index (χ1n) is 4.93. The summed E-state index contributed by atoms with van der Waals surface area (Å²) in [5.41, 5.74) is -1.11. The van der Waals surface area contributed by atoms with Crippen LogP contribution >= 0.6 is 0 Å². The molecule has 1 aromatic rings. The van der Waals surface area contributed by atoms with E-state index in [2.05, 4.69) is 15.5 Å². The van der Waals surface area contributed by atoms with Crippen molar-refractivity contribution in [2.75, 3.05) is 0 Å². The van der Waals surface area contributed by atoms with Gasteiger partial charge in [-0.15, -0.1) is 5.10 Å². The lowest BCUT2D eigenvalue weighted by Crippen LogP contribution is -2.38. The lowest BCUT2D eigenvalue weighted by Gasteiger charge is -2.21. The fourth-order valence-corrected chi connectivity index (χ4v) is 1.17. The minimum Gasteiger partial charge on any atom is -0.479 e. The van der Waals surface area contributed by atoms with Crippen molar-refractivity contribution in [3.63, 3.8) is 0 Å². The summed E-state index contributed by atoms with van der Waals surface area (Å²) in [5.74, 6) is -0.178. The molecule has 0 aliphatic carbocycles. The highest BCUT2D eigenvalue weighted by Crippen LogP contribution is 2.21. The van der Waals surface area contributed by atoms with Gasteiger partial charge in [-0.05, 0) is 30.7 Å². The van der Waals surface area contributed by atoms with Crippen molar-refractivity contribution in [1.29, 1.82) is 0 Å². The highest BCUT2D eigenvalue weighted by Gasteiger charge is 2.34. The molecule has 1 unspecified atom stereocenters. The van der Waals surface area contributed by atoms with Crippen LogP contribution < -0.4 is 0 Å². The van der Waals surface area contributed by atoms with Gasteiger partial charge in [0, 0.05) is 5.92 Å². The molecule has 15 heavy (non-hydrogen) atoms. The van der Waals surface area contributed by atoms with Gasteiger partial charge in [0.15, 0.2) is 11.4 Å². The SMILES string of the molecule is CCC(C)c1nnnn1C(C)(C)C(=O)O. The van der Waals surface area contributed by atoms with E-state index in [9.17, 15) is 4.79 Å². The summed E-state index contributed by atoms with van der Waals surface area (Å²) in [6.07, 6.45) is 0.871. The van der Waals surface area contributed by atoms with E-state index >= 15 is 0 Å². The Morgan fingerprint density at radius 1 is 1.60 bits per heavy atom. The Hall–Kier alpha value is -1.46. The van der Waals surface area contributed by atoms with Crippen LogP contribution in [0.3, 0.4) is 0 Å². The standard InChI is InChI=1S/C9H16N4O2/c1-5-6(2)7-10-11-12-13(7)9(3,4)8(14)15/h6H,5H2,1-4H3,(H,14,15). The van der Waals surface area contributed by atoms with E-state index in [0.29, 0.717) is 5.82 Å². The predicted molar refractivity (Wildman–Crippen MR) is 53.5 cm³/mol. The van der Waals surface area contributed by atoms with Gasteiger partial charge in [-0.3, -0.25) is 0 Å². The Balaban J connectivity index is 3.15. The lowest BCUT2D eigenvalue weighted by atomic mass is 10.0. The normalized spacial score (nSPS) is 13.9. The molecule has 0 saturated carbocycles. The average molecular weight is 212 g/mol. The van der Waals surface area contributed by atoms with Gasteiger partial charge in [0.1, 0.15) is 0 Å². The molecular weight excluding hydrogens is 196 g/mol. The zero-order valence-electron chi connectivity index (χ0n) is 9.43. The van der Waals surface area contributed by atoms with E-state index in [4.69, 9.17) is 5.11 Å². The van der Waals surface area contributed by atoms with Crippen molar-refractivity contribution < 1.29 is 9.90 Å². The second kappa shape index (κ2) is 3.96. The van der Waals surface area contributed by atoms with Crippen LogP contribution in [0.4, 0.5) is 0 Å². The lowest BCUT2D eigenvalue weighted by molar-refractivity contribution is -0.146. The van der Waals surface area contributed by atoms with Crippen LogP contribution in [0, 0.1) is 0 Å². The highest BCUT2D eigenvalue weighted by atomic mass is 16.4. The molecule has 0 spiro atoms. The summed E-state index contributed by atoms with van der Waals surface area (Å²) >= 11 is 0. The maximum atomic E-state index is 11.1. The van der Waals surface area contributed by atoms with Crippen molar-refractivity contribution in [1.82, 2.24) is 20.2 Å². The molecule has 1 aromatic heterocycles. The fraction of sp³-hybridized carbons (Fsp3) is 0.778. The van der Waals surface area contributed by atoms with Crippen molar-refractivity contribution in [3.8, 4) is 0 Å². The number of carboxylic acids is 1. The minimum absolute atomic E-state index is 0.152. The predicted octanol–water partition coefficient (Wildman–Crippen LogP) is 1.01. The molecule has 0 fully saturated rings.